The maximum atomic E-state index is 12.6. The summed E-state index contributed by atoms with van der Waals surface area (Å²) >= 11 is 0. The quantitative estimate of drug-likeness (QED) is 0.171. The highest BCUT2D eigenvalue weighted by molar-refractivity contribution is 5.81. The topological polar surface area (TPSA) is 159 Å². The highest BCUT2D eigenvalue weighted by Gasteiger charge is 2.36. The Morgan fingerprint density at radius 1 is 0.750 bits per heavy atom. The second-order valence-corrected chi connectivity index (χ2v) is 10.6. The molecule has 1 atom stereocenters. The third-order valence-corrected chi connectivity index (χ3v) is 5.26. The summed E-state index contributed by atoms with van der Waals surface area (Å²) in [4.78, 5) is 48.8. The van der Waals surface area contributed by atoms with E-state index in [0.717, 1.165) is 0 Å². The average Bonchev–Trinajstić information content (AvgIpc) is 2.87. The molecule has 0 saturated heterocycles. The van der Waals surface area contributed by atoms with Crippen LogP contribution in [0.3, 0.4) is 0 Å². The molecule has 0 aromatic heterocycles. The Kier molecular flexibility index (Phi) is 14.8. The van der Waals surface area contributed by atoms with E-state index in [1.165, 1.54) is 25.3 Å². The summed E-state index contributed by atoms with van der Waals surface area (Å²) in [5, 5.41) is 0. The smallest absolute Gasteiger partial charge is 0.468 e. The van der Waals surface area contributed by atoms with Crippen molar-refractivity contribution in [3.05, 3.63) is 23.8 Å². The van der Waals surface area contributed by atoms with Crippen molar-refractivity contribution < 1.29 is 52.3 Å². The second kappa shape index (κ2) is 17.2. The number of carbonyl (C=O) groups excluding carboxylic acids is 4. The maximum Gasteiger partial charge on any atom is 0.513 e. The van der Waals surface area contributed by atoms with Crippen LogP contribution in [0.15, 0.2) is 18.2 Å². The van der Waals surface area contributed by atoms with Crippen LogP contribution in [0.2, 0.25) is 0 Å². The minimum absolute atomic E-state index is 0.0632. The van der Waals surface area contributed by atoms with Crippen molar-refractivity contribution in [1.82, 2.24) is 0 Å². The lowest BCUT2D eigenvalue weighted by atomic mass is 9.88. The van der Waals surface area contributed by atoms with Crippen LogP contribution in [-0.2, 0) is 34.9 Å². The van der Waals surface area contributed by atoms with Gasteiger partial charge in [0.2, 0.25) is 0 Å². The first-order valence-electron chi connectivity index (χ1n) is 13.2. The highest BCUT2D eigenvalue weighted by Crippen LogP contribution is 2.31. The second-order valence-electron chi connectivity index (χ2n) is 10.6. The fourth-order valence-corrected chi connectivity index (χ4v) is 3.10. The zero-order chi connectivity index (χ0) is 30.3. The summed E-state index contributed by atoms with van der Waals surface area (Å²) in [6, 6.07) is 4.29. The van der Waals surface area contributed by atoms with Gasteiger partial charge in [0.05, 0.1) is 33.5 Å². The molecule has 1 rings (SSSR count). The molecule has 12 nitrogen and oxygen atoms in total. The van der Waals surface area contributed by atoms with Gasteiger partial charge in [-0.15, -0.1) is 0 Å². The van der Waals surface area contributed by atoms with Gasteiger partial charge in [0.1, 0.15) is 5.54 Å². The van der Waals surface area contributed by atoms with Crippen LogP contribution in [0.25, 0.3) is 0 Å². The summed E-state index contributed by atoms with van der Waals surface area (Å²) in [6.45, 7) is 11.7. The third kappa shape index (κ3) is 13.5. The van der Waals surface area contributed by atoms with Crippen LogP contribution in [0.4, 0.5) is 14.4 Å². The predicted molar refractivity (Wildman–Crippen MR) is 144 cm³/mol. The summed E-state index contributed by atoms with van der Waals surface area (Å²) in [6.07, 6.45) is -2.37. The molecule has 0 aliphatic rings. The fraction of sp³-hybridized carbons (Fsp3) is 0.643. The molecule has 0 bridgehead atoms. The number of rotatable bonds is 15. The van der Waals surface area contributed by atoms with E-state index in [-0.39, 0.29) is 62.6 Å². The Morgan fingerprint density at radius 3 is 1.82 bits per heavy atom. The highest BCUT2D eigenvalue weighted by atomic mass is 16.7. The van der Waals surface area contributed by atoms with Crippen molar-refractivity contribution in [3.8, 4) is 11.5 Å². The van der Waals surface area contributed by atoms with Crippen molar-refractivity contribution in [2.24, 2.45) is 23.5 Å². The van der Waals surface area contributed by atoms with Gasteiger partial charge in [-0.25, -0.2) is 14.4 Å². The number of methoxy groups -OCH3 is 1. The third-order valence-electron chi connectivity index (χ3n) is 5.26. The molecule has 0 spiro atoms. The molecule has 0 fully saturated rings. The van der Waals surface area contributed by atoms with Crippen LogP contribution in [0, 0.1) is 17.8 Å². The zero-order valence-corrected chi connectivity index (χ0v) is 24.5. The Hall–Kier alpha value is -3.54. The number of ether oxygens (including phenoxy) is 7. The monoisotopic (exact) mass is 569 g/mol. The minimum Gasteiger partial charge on any atom is -0.468 e. The summed E-state index contributed by atoms with van der Waals surface area (Å²) < 4.78 is 35.6. The lowest BCUT2D eigenvalue weighted by Gasteiger charge is -2.26. The maximum absolute atomic E-state index is 12.6. The molecular formula is C28H43NO11. The molecule has 0 aliphatic carbocycles. The summed E-state index contributed by atoms with van der Waals surface area (Å²) in [5.41, 5.74) is 5.21. The lowest BCUT2D eigenvalue weighted by molar-refractivity contribution is -0.147. The van der Waals surface area contributed by atoms with E-state index in [4.69, 9.17) is 38.9 Å². The molecule has 226 valence electrons. The van der Waals surface area contributed by atoms with Crippen molar-refractivity contribution >= 4 is 24.4 Å². The van der Waals surface area contributed by atoms with Gasteiger partial charge in [-0.3, -0.25) is 4.79 Å². The van der Waals surface area contributed by atoms with Gasteiger partial charge in [-0.1, -0.05) is 47.6 Å². The van der Waals surface area contributed by atoms with Gasteiger partial charge in [0.25, 0.3) is 0 Å². The molecule has 0 heterocycles. The standard InChI is InChI=1S/C28H43NO11/c1-18(2)10-12-35-25(31)36-13-11-28(29,24(30)34-7)15-21-8-9-22(39-26(32)37-16-19(3)4)23(14-21)40-27(33)38-17-20(5)6/h8-9,14,18-20H,10-13,15-17,29H2,1-7H3/t28-/m1/s1. The molecule has 0 aliphatic heterocycles. The molecule has 1 aromatic carbocycles. The molecular weight excluding hydrogens is 526 g/mol. The molecule has 2 N–H and O–H groups in total. The van der Waals surface area contributed by atoms with Gasteiger partial charge < -0.3 is 38.9 Å². The van der Waals surface area contributed by atoms with Crippen LogP contribution in [-0.4, -0.2) is 63.5 Å². The van der Waals surface area contributed by atoms with E-state index in [1.54, 1.807) is 0 Å². The SMILES string of the molecule is COC(=O)[C@@](N)(CCOC(=O)OCCC(C)C)Cc1ccc(OC(=O)OCC(C)C)c(OC(=O)OCC(C)C)c1. The summed E-state index contributed by atoms with van der Waals surface area (Å²) in [7, 11) is 1.18. The van der Waals surface area contributed by atoms with Crippen molar-refractivity contribution in [2.75, 3.05) is 33.5 Å². The van der Waals surface area contributed by atoms with Gasteiger partial charge in [0, 0.05) is 12.8 Å². The molecule has 12 heteroatoms. The van der Waals surface area contributed by atoms with Crippen LogP contribution >= 0.6 is 0 Å². The largest absolute Gasteiger partial charge is 0.513 e. The lowest BCUT2D eigenvalue weighted by Crippen LogP contribution is -2.51. The van der Waals surface area contributed by atoms with E-state index in [1.807, 2.05) is 41.5 Å². The molecule has 40 heavy (non-hydrogen) atoms. The summed E-state index contributed by atoms with van der Waals surface area (Å²) in [5.74, 6) is -0.498. The number of carbonyl (C=O) groups is 4. The van der Waals surface area contributed by atoms with Crippen LogP contribution < -0.4 is 15.2 Å². The average molecular weight is 570 g/mol. The van der Waals surface area contributed by atoms with Gasteiger partial charge >= 0.3 is 24.4 Å². The number of nitrogens with two attached hydrogens (primary N) is 1. The minimum atomic E-state index is -1.61. The first-order valence-corrected chi connectivity index (χ1v) is 13.2. The Labute approximate surface area is 235 Å². The van der Waals surface area contributed by atoms with Crippen molar-refractivity contribution in [2.45, 2.75) is 66.3 Å². The Balaban J connectivity index is 3.07. The number of benzene rings is 1. The fourth-order valence-electron chi connectivity index (χ4n) is 3.10. The van der Waals surface area contributed by atoms with E-state index in [2.05, 4.69) is 0 Å². The molecule has 0 radical (unpaired) electrons. The molecule has 0 unspecified atom stereocenters. The molecule has 1 aromatic rings. The number of hydrogen-bond acceptors (Lipinski definition) is 12. The molecule has 0 saturated carbocycles. The van der Waals surface area contributed by atoms with Gasteiger partial charge in [-0.05, 0) is 41.9 Å². The zero-order valence-electron chi connectivity index (χ0n) is 24.5. The van der Waals surface area contributed by atoms with Crippen LogP contribution in [0.5, 0.6) is 11.5 Å². The first-order chi connectivity index (χ1) is 18.7. The van der Waals surface area contributed by atoms with Gasteiger partial charge in [0.15, 0.2) is 11.5 Å². The van der Waals surface area contributed by atoms with Crippen LogP contribution in [0.1, 0.15) is 59.9 Å². The van der Waals surface area contributed by atoms with Crippen molar-refractivity contribution in [1.29, 1.82) is 0 Å². The number of hydrogen-bond donors (Lipinski definition) is 1. The van der Waals surface area contributed by atoms with Crippen molar-refractivity contribution in [3.63, 3.8) is 0 Å². The van der Waals surface area contributed by atoms with E-state index in [9.17, 15) is 19.2 Å². The Bertz CT molecular complexity index is 977. The first kappa shape index (κ1) is 34.5. The normalized spacial score (nSPS) is 12.5. The van der Waals surface area contributed by atoms with Gasteiger partial charge in [-0.2, -0.15) is 0 Å². The Morgan fingerprint density at radius 2 is 1.30 bits per heavy atom. The van der Waals surface area contributed by atoms with E-state index in [0.29, 0.717) is 17.9 Å². The predicted octanol–water partition coefficient (Wildman–Crippen LogP) is 5.03. The number of esters is 1. The molecule has 0 amide bonds. The van der Waals surface area contributed by atoms with E-state index >= 15 is 0 Å². The van der Waals surface area contributed by atoms with E-state index < -0.39 is 30.0 Å².